The van der Waals surface area contributed by atoms with Crippen molar-refractivity contribution in [2.24, 2.45) is 5.92 Å². The lowest BCUT2D eigenvalue weighted by Crippen LogP contribution is -2.28. The first-order chi connectivity index (χ1) is 10.8. The number of methoxy groups -OCH3 is 1. The number of pyridine rings is 1. The van der Waals surface area contributed by atoms with E-state index >= 15 is 0 Å². The number of aromatic amines is 1. The Morgan fingerprint density at radius 2 is 2.18 bits per heavy atom. The minimum Gasteiger partial charge on any atom is -0.531 e. The number of nitrogens with one attached hydrogen (secondary N) is 1. The fourth-order valence-electron chi connectivity index (χ4n) is 3.73. The first-order valence-corrected chi connectivity index (χ1v) is 7.82. The maximum Gasteiger partial charge on any atom is 0.552 e. The van der Waals surface area contributed by atoms with Crippen LogP contribution in [0.5, 0.6) is 5.75 Å². The van der Waals surface area contributed by atoms with Gasteiger partial charge in [0.1, 0.15) is 11.4 Å². The van der Waals surface area contributed by atoms with Crippen molar-refractivity contribution in [2.45, 2.75) is 31.8 Å². The van der Waals surface area contributed by atoms with Crippen molar-refractivity contribution in [2.75, 3.05) is 7.11 Å². The first-order valence-electron chi connectivity index (χ1n) is 7.82. The lowest BCUT2D eigenvalue weighted by atomic mass is 9.72. The van der Waals surface area contributed by atoms with Gasteiger partial charge < -0.3 is 19.4 Å². The molecular weight excluding hydrogens is 279 g/mol. The number of aromatic nitrogens is 2. The number of nitrogens with zero attached hydrogens (tertiary/aromatic N) is 1. The van der Waals surface area contributed by atoms with E-state index < -0.39 is 7.12 Å². The van der Waals surface area contributed by atoms with E-state index in [4.69, 9.17) is 9.39 Å². The molecule has 0 saturated heterocycles. The third kappa shape index (κ3) is 2.23. The number of rotatable bonds is 2. The van der Waals surface area contributed by atoms with Crippen LogP contribution in [0.2, 0.25) is 0 Å². The van der Waals surface area contributed by atoms with Crippen LogP contribution < -0.4 is 4.65 Å². The highest BCUT2D eigenvalue weighted by molar-refractivity contribution is 6.52. The number of allylic oxidation sites excluding steroid dienone is 1. The van der Waals surface area contributed by atoms with Crippen molar-refractivity contribution >= 4 is 23.7 Å². The second-order valence-electron chi connectivity index (χ2n) is 6.08. The minimum atomic E-state index is -0.888. The molecule has 22 heavy (non-hydrogen) atoms. The molecule has 0 unspecified atom stereocenters. The van der Waals surface area contributed by atoms with Gasteiger partial charge in [-0.1, -0.05) is 0 Å². The smallest absolute Gasteiger partial charge is 0.531 e. The summed E-state index contributed by atoms with van der Waals surface area (Å²) in [4.78, 5) is 7.50. The zero-order valence-corrected chi connectivity index (χ0v) is 12.6. The van der Waals surface area contributed by atoms with Gasteiger partial charge in [-0.15, -0.1) is 0 Å². The molecule has 5 nitrogen and oxygen atoms in total. The number of ether oxygens (including phenoxy) is 1. The van der Waals surface area contributed by atoms with E-state index in [1.54, 1.807) is 13.3 Å². The summed E-state index contributed by atoms with van der Waals surface area (Å²) in [5, 5.41) is 11.1. The van der Waals surface area contributed by atoms with Gasteiger partial charge in [0.05, 0.1) is 12.3 Å². The molecular formula is C16H19BN2O3. The Hall–Kier alpha value is -1.79. The van der Waals surface area contributed by atoms with Crippen LogP contribution in [0.3, 0.4) is 0 Å². The number of H-pyrrole nitrogens is 1. The van der Waals surface area contributed by atoms with Gasteiger partial charge in [0.25, 0.3) is 0 Å². The number of hydrogen-bond donors (Lipinski definition) is 2. The van der Waals surface area contributed by atoms with Crippen LogP contribution in [0.15, 0.2) is 24.4 Å². The molecule has 2 aromatic heterocycles. The summed E-state index contributed by atoms with van der Waals surface area (Å²) in [5.41, 5.74) is 3.13. The topological polar surface area (TPSA) is 67.4 Å². The van der Waals surface area contributed by atoms with E-state index in [0.29, 0.717) is 17.8 Å². The first kappa shape index (κ1) is 13.8. The molecule has 0 bridgehead atoms. The molecule has 2 aromatic rings. The second-order valence-corrected chi connectivity index (χ2v) is 6.08. The number of hydrogen-bond acceptors (Lipinski definition) is 4. The monoisotopic (exact) mass is 298 g/mol. The van der Waals surface area contributed by atoms with Crippen molar-refractivity contribution in [1.29, 1.82) is 0 Å². The quantitative estimate of drug-likeness (QED) is 0.836. The average molecular weight is 298 g/mol. The predicted octanol–water partition coefficient (Wildman–Crippen LogP) is 2.56. The summed E-state index contributed by atoms with van der Waals surface area (Å²) in [6, 6.07) is 2.02. The normalized spacial score (nSPS) is 24.8. The molecule has 1 aliphatic heterocycles. The molecule has 0 spiro atoms. The van der Waals surface area contributed by atoms with Crippen LogP contribution in [-0.2, 0) is 4.74 Å². The van der Waals surface area contributed by atoms with Crippen LogP contribution in [0.1, 0.15) is 31.2 Å². The Morgan fingerprint density at radius 3 is 2.95 bits per heavy atom. The fourth-order valence-corrected chi connectivity index (χ4v) is 3.73. The highest BCUT2D eigenvalue weighted by Crippen LogP contribution is 2.43. The molecule has 3 heterocycles. The summed E-state index contributed by atoms with van der Waals surface area (Å²) in [6.45, 7) is 0. The molecule has 6 heteroatoms. The van der Waals surface area contributed by atoms with Gasteiger partial charge in [-0.25, -0.2) is 4.98 Å². The lowest BCUT2D eigenvalue weighted by Gasteiger charge is -2.32. The van der Waals surface area contributed by atoms with Gasteiger partial charge in [0.15, 0.2) is 0 Å². The molecule has 2 N–H and O–H groups in total. The van der Waals surface area contributed by atoms with Gasteiger partial charge in [-0.05, 0) is 49.2 Å². The molecule has 0 atom stereocenters. The maximum atomic E-state index is 10.0. The molecule has 0 aromatic carbocycles. The Morgan fingerprint density at radius 1 is 1.36 bits per heavy atom. The van der Waals surface area contributed by atoms with Crippen LogP contribution in [0, 0.1) is 5.92 Å². The van der Waals surface area contributed by atoms with Crippen LogP contribution in [0.4, 0.5) is 0 Å². The highest BCUT2D eigenvalue weighted by Gasteiger charge is 2.32. The zero-order valence-electron chi connectivity index (χ0n) is 12.6. The SMILES string of the molecule is COC1CCC(C2=CB(O)Oc3cnc4[nH]ccc4c32)CC1. The van der Waals surface area contributed by atoms with E-state index in [2.05, 4.69) is 9.97 Å². The largest absolute Gasteiger partial charge is 0.552 e. The van der Waals surface area contributed by atoms with E-state index in [1.807, 2.05) is 18.2 Å². The summed E-state index contributed by atoms with van der Waals surface area (Å²) in [5.74, 6) is 2.96. The van der Waals surface area contributed by atoms with E-state index in [9.17, 15) is 5.02 Å². The van der Waals surface area contributed by atoms with Crippen molar-refractivity contribution in [3.05, 3.63) is 30.0 Å². The second kappa shape index (κ2) is 5.45. The molecule has 1 fully saturated rings. The molecule has 0 amide bonds. The van der Waals surface area contributed by atoms with Crippen molar-refractivity contribution in [3.63, 3.8) is 0 Å². The third-order valence-corrected chi connectivity index (χ3v) is 4.86. The summed E-state index contributed by atoms with van der Waals surface area (Å²) < 4.78 is 11.0. The lowest BCUT2D eigenvalue weighted by molar-refractivity contribution is 0.0637. The highest BCUT2D eigenvalue weighted by atomic mass is 16.5. The van der Waals surface area contributed by atoms with Crippen molar-refractivity contribution in [1.82, 2.24) is 9.97 Å². The van der Waals surface area contributed by atoms with E-state index in [-0.39, 0.29) is 0 Å². The summed E-state index contributed by atoms with van der Waals surface area (Å²) in [7, 11) is 0.896. The maximum absolute atomic E-state index is 10.0. The van der Waals surface area contributed by atoms with Gasteiger partial charge >= 0.3 is 7.12 Å². The predicted molar refractivity (Wildman–Crippen MR) is 85.4 cm³/mol. The summed E-state index contributed by atoms with van der Waals surface area (Å²) in [6.07, 6.45) is 8.23. The van der Waals surface area contributed by atoms with Crippen LogP contribution in [0.25, 0.3) is 16.6 Å². The van der Waals surface area contributed by atoms with E-state index in [0.717, 1.165) is 42.3 Å². The molecule has 114 valence electrons. The van der Waals surface area contributed by atoms with Crippen molar-refractivity contribution in [3.8, 4) is 5.75 Å². The molecule has 2 aliphatic rings. The van der Waals surface area contributed by atoms with Gasteiger partial charge in [-0.2, -0.15) is 0 Å². The van der Waals surface area contributed by atoms with E-state index in [1.165, 1.54) is 5.57 Å². The Balaban J connectivity index is 1.75. The fraction of sp³-hybridized carbons (Fsp3) is 0.438. The zero-order chi connectivity index (χ0) is 15.1. The van der Waals surface area contributed by atoms with Gasteiger partial charge in [0.2, 0.25) is 0 Å². The molecule has 4 rings (SSSR count). The molecule has 1 aliphatic carbocycles. The Kier molecular flexibility index (Phi) is 3.43. The third-order valence-electron chi connectivity index (χ3n) is 4.86. The number of fused-ring (bicyclic) bond motifs is 3. The molecule has 0 radical (unpaired) electrons. The van der Waals surface area contributed by atoms with Gasteiger partial charge in [0, 0.05) is 24.3 Å². The Bertz CT molecular complexity index is 719. The molecule has 1 saturated carbocycles. The standard InChI is InChI=1S/C16H19BN2O3/c1-21-11-4-2-10(3-5-11)13-8-17(20)22-14-9-19-16-12(15(13)14)6-7-18-16/h6-11,20H,2-5H2,1H3,(H,18,19). The van der Waals surface area contributed by atoms with Crippen molar-refractivity contribution < 1.29 is 14.4 Å². The van der Waals surface area contributed by atoms with Crippen LogP contribution >= 0.6 is 0 Å². The minimum absolute atomic E-state index is 0.366. The summed E-state index contributed by atoms with van der Waals surface area (Å²) >= 11 is 0. The van der Waals surface area contributed by atoms with Crippen LogP contribution in [-0.4, -0.2) is 35.3 Å². The Labute approximate surface area is 129 Å². The average Bonchev–Trinajstić information content (AvgIpc) is 3.02. The van der Waals surface area contributed by atoms with Gasteiger partial charge in [-0.3, -0.25) is 0 Å².